The topological polar surface area (TPSA) is 79.5 Å². The van der Waals surface area contributed by atoms with Gasteiger partial charge >= 0.3 is 6.09 Å². The molecule has 3 atom stereocenters. The van der Waals surface area contributed by atoms with Gasteiger partial charge in [0.15, 0.2) is 0 Å². The minimum atomic E-state index is -0.701. The molecule has 0 saturated heterocycles. The van der Waals surface area contributed by atoms with Crippen molar-refractivity contribution in [3.8, 4) is 0 Å². The molecule has 184 valence electrons. The molecule has 0 radical (unpaired) electrons. The van der Waals surface area contributed by atoms with E-state index in [4.69, 9.17) is 4.74 Å². The predicted molar refractivity (Wildman–Crippen MR) is 131 cm³/mol. The van der Waals surface area contributed by atoms with Gasteiger partial charge in [0, 0.05) is 18.5 Å². The molecule has 34 heavy (non-hydrogen) atoms. The van der Waals surface area contributed by atoms with Gasteiger partial charge < -0.3 is 20.7 Å². The van der Waals surface area contributed by atoms with Gasteiger partial charge in [0.05, 0.1) is 0 Å². The number of nitrogens with one attached hydrogen (secondary N) is 3. The van der Waals surface area contributed by atoms with Crippen molar-refractivity contribution in [2.45, 2.75) is 76.6 Å². The van der Waals surface area contributed by atoms with Crippen molar-refractivity contribution in [2.24, 2.45) is 0 Å². The number of halogens is 1. The number of carbonyl (C=O) groups is 2. The van der Waals surface area contributed by atoms with Gasteiger partial charge in [0.25, 0.3) is 0 Å². The van der Waals surface area contributed by atoms with Gasteiger partial charge in [-0.25, -0.2) is 9.18 Å². The summed E-state index contributed by atoms with van der Waals surface area (Å²) in [7, 11) is 0. The fraction of sp³-hybridized carbons (Fsp3) is 0.481. The first-order valence-electron chi connectivity index (χ1n) is 12.0. The Hall–Kier alpha value is -2.93. The van der Waals surface area contributed by atoms with E-state index in [1.165, 1.54) is 17.7 Å². The van der Waals surface area contributed by atoms with Gasteiger partial charge in [-0.05, 0) is 76.3 Å². The molecule has 1 unspecified atom stereocenters. The van der Waals surface area contributed by atoms with Gasteiger partial charge in [-0.15, -0.1) is 0 Å². The number of carbonyl (C=O) groups excluding carboxylic acids is 2. The molecule has 0 spiro atoms. The smallest absolute Gasteiger partial charge is 0.408 e. The summed E-state index contributed by atoms with van der Waals surface area (Å²) >= 11 is 0. The Balaban J connectivity index is 1.43. The first-order valence-corrected chi connectivity index (χ1v) is 12.0. The number of alkyl carbamates (subject to hydrolysis) is 1. The lowest BCUT2D eigenvalue weighted by Gasteiger charge is -2.23. The highest BCUT2D eigenvalue weighted by molar-refractivity contribution is 5.85. The zero-order chi connectivity index (χ0) is 24.6. The molecular formula is C27H36FN3O3. The molecule has 1 saturated carbocycles. The van der Waals surface area contributed by atoms with Crippen molar-refractivity contribution in [3.63, 3.8) is 0 Å². The Morgan fingerprint density at radius 1 is 1.06 bits per heavy atom. The summed E-state index contributed by atoms with van der Waals surface area (Å²) in [6.45, 7) is 6.47. The maximum absolute atomic E-state index is 13.1. The number of hydrogen-bond acceptors (Lipinski definition) is 4. The first-order chi connectivity index (χ1) is 16.2. The van der Waals surface area contributed by atoms with Crippen LogP contribution in [0, 0.1) is 5.82 Å². The molecule has 3 rings (SSSR count). The van der Waals surface area contributed by atoms with Gasteiger partial charge in [-0.1, -0.05) is 42.5 Å². The molecule has 3 N–H and O–H groups in total. The first kappa shape index (κ1) is 25.7. The highest BCUT2D eigenvalue weighted by Crippen LogP contribution is 2.40. The lowest BCUT2D eigenvalue weighted by atomic mass is 10.1. The van der Waals surface area contributed by atoms with Crippen LogP contribution in [0.4, 0.5) is 9.18 Å². The standard InChI is InChI=1S/C27H36FN3O3/c1-27(2,3)34-26(33)31-23(25(32)30-18-19-12-14-21(28)15-13-19)11-7-8-16-29-24-17-22(24)20-9-5-4-6-10-20/h4-6,9-10,12-15,22-24,29H,7-8,11,16-18H2,1-3H3,(H,30,32)(H,31,33)/t22-,23?,24+/m0/s1. The van der Waals surface area contributed by atoms with Crippen LogP contribution in [0.1, 0.15) is 63.5 Å². The molecule has 6 nitrogen and oxygen atoms in total. The molecule has 1 aliphatic rings. The van der Waals surface area contributed by atoms with Crippen LogP contribution < -0.4 is 16.0 Å². The molecule has 1 aliphatic carbocycles. The molecule has 2 amide bonds. The van der Waals surface area contributed by atoms with Crippen LogP contribution in [0.5, 0.6) is 0 Å². The number of amides is 2. The highest BCUT2D eigenvalue weighted by atomic mass is 19.1. The number of ether oxygens (including phenoxy) is 1. The Bertz CT molecular complexity index is 928. The lowest BCUT2D eigenvalue weighted by Crippen LogP contribution is -2.48. The summed E-state index contributed by atoms with van der Waals surface area (Å²) in [5, 5.41) is 9.13. The second kappa shape index (κ2) is 12.0. The molecule has 1 fully saturated rings. The normalized spacial score (nSPS) is 18.1. The van der Waals surface area contributed by atoms with E-state index >= 15 is 0 Å². The minimum absolute atomic E-state index is 0.260. The number of rotatable bonds is 11. The van der Waals surface area contributed by atoms with E-state index in [9.17, 15) is 14.0 Å². The molecule has 2 aromatic rings. The molecule has 0 heterocycles. The van der Waals surface area contributed by atoms with Crippen LogP contribution in [0.15, 0.2) is 54.6 Å². The minimum Gasteiger partial charge on any atom is -0.444 e. The number of hydrogen-bond donors (Lipinski definition) is 3. The Morgan fingerprint density at radius 2 is 1.76 bits per heavy atom. The largest absolute Gasteiger partial charge is 0.444 e. The third-order valence-corrected chi connectivity index (χ3v) is 5.73. The van der Waals surface area contributed by atoms with Crippen LogP contribution in [0.3, 0.4) is 0 Å². The summed E-state index contributed by atoms with van der Waals surface area (Å²) in [4.78, 5) is 25.1. The third-order valence-electron chi connectivity index (χ3n) is 5.73. The Kier molecular flexibility index (Phi) is 9.05. The number of unbranched alkanes of at least 4 members (excludes halogenated alkanes) is 1. The highest BCUT2D eigenvalue weighted by Gasteiger charge is 2.37. The average molecular weight is 470 g/mol. The monoisotopic (exact) mass is 469 g/mol. The van der Waals surface area contributed by atoms with E-state index < -0.39 is 17.7 Å². The van der Waals surface area contributed by atoms with E-state index in [1.807, 2.05) is 6.07 Å². The fourth-order valence-corrected chi connectivity index (χ4v) is 3.88. The SMILES string of the molecule is CC(C)(C)OC(=O)NC(CCCCN[C@@H]1C[C@H]1c1ccccc1)C(=O)NCc1ccc(F)cc1. The third kappa shape index (κ3) is 8.78. The van der Waals surface area contributed by atoms with E-state index in [0.29, 0.717) is 18.4 Å². The van der Waals surface area contributed by atoms with Crippen molar-refractivity contribution in [1.29, 1.82) is 0 Å². The van der Waals surface area contributed by atoms with Crippen LogP contribution in [0.2, 0.25) is 0 Å². The molecule has 2 aromatic carbocycles. The van der Waals surface area contributed by atoms with Crippen molar-refractivity contribution < 1.29 is 18.7 Å². The predicted octanol–water partition coefficient (Wildman–Crippen LogP) is 4.65. The quantitative estimate of drug-likeness (QED) is 0.419. The van der Waals surface area contributed by atoms with E-state index in [2.05, 4.69) is 40.2 Å². The van der Waals surface area contributed by atoms with Crippen LogP contribution >= 0.6 is 0 Å². The van der Waals surface area contributed by atoms with Gasteiger partial charge in [0.1, 0.15) is 17.5 Å². The summed E-state index contributed by atoms with van der Waals surface area (Å²) < 4.78 is 18.4. The van der Waals surface area contributed by atoms with E-state index in [0.717, 1.165) is 31.4 Å². The van der Waals surface area contributed by atoms with Crippen LogP contribution in [-0.2, 0) is 16.1 Å². The average Bonchev–Trinajstić information content (AvgIpc) is 3.56. The van der Waals surface area contributed by atoms with Gasteiger partial charge in [-0.2, -0.15) is 0 Å². The van der Waals surface area contributed by atoms with Crippen molar-refractivity contribution in [3.05, 3.63) is 71.5 Å². The van der Waals surface area contributed by atoms with Gasteiger partial charge in [0.2, 0.25) is 5.91 Å². The van der Waals surface area contributed by atoms with Gasteiger partial charge in [-0.3, -0.25) is 4.79 Å². The molecule has 0 aromatic heterocycles. The van der Waals surface area contributed by atoms with Crippen molar-refractivity contribution >= 4 is 12.0 Å². The van der Waals surface area contributed by atoms with Crippen LogP contribution in [-0.4, -0.2) is 36.2 Å². The number of benzene rings is 2. The lowest BCUT2D eigenvalue weighted by molar-refractivity contribution is -0.123. The molecular weight excluding hydrogens is 433 g/mol. The van der Waals surface area contributed by atoms with E-state index in [1.54, 1.807) is 32.9 Å². The molecule has 7 heteroatoms. The Morgan fingerprint density at radius 3 is 2.44 bits per heavy atom. The summed E-state index contributed by atoms with van der Waals surface area (Å²) in [5.41, 5.74) is 1.51. The molecule has 0 bridgehead atoms. The van der Waals surface area contributed by atoms with E-state index in [-0.39, 0.29) is 18.3 Å². The zero-order valence-corrected chi connectivity index (χ0v) is 20.3. The summed E-state index contributed by atoms with van der Waals surface area (Å²) in [6.07, 6.45) is 2.72. The van der Waals surface area contributed by atoms with Crippen LogP contribution in [0.25, 0.3) is 0 Å². The second-order valence-corrected chi connectivity index (χ2v) is 9.85. The zero-order valence-electron chi connectivity index (χ0n) is 20.3. The fourth-order valence-electron chi connectivity index (χ4n) is 3.88. The Labute approximate surface area is 201 Å². The second-order valence-electron chi connectivity index (χ2n) is 9.85. The maximum Gasteiger partial charge on any atom is 0.408 e. The summed E-state index contributed by atoms with van der Waals surface area (Å²) in [6, 6.07) is 16.3. The van der Waals surface area contributed by atoms with Crippen molar-refractivity contribution in [1.82, 2.24) is 16.0 Å². The van der Waals surface area contributed by atoms with Crippen molar-refractivity contribution in [2.75, 3.05) is 6.54 Å². The maximum atomic E-state index is 13.1. The summed E-state index contributed by atoms with van der Waals surface area (Å²) in [5.74, 6) is -0.0241. The molecule has 0 aliphatic heterocycles.